The van der Waals surface area contributed by atoms with Crippen LogP contribution >= 0.6 is 11.3 Å². The molecular weight excluding hydrogens is 308 g/mol. The Labute approximate surface area is 129 Å². The van der Waals surface area contributed by atoms with Crippen LogP contribution in [0.25, 0.3) is 4.96 Å². The molecule has 2 heterocycles. The summed E-state index contributed by atoms with van der Waals surface area (Å²) in [7, 11) is -3.61. The average Bonchev–Trinajstić information content (AvgIpc) is 2.96. The minimum Gasteiger partial charge on any atom is -0.381 e. The van der Waals surface area contributed by atoms with Crippen molar-refractivity contribution in [2.45, 2.75) is 50.5 Å². The molecule has 0 saturated heterocycles. The minimum atomic E-state index is -3.61. The molecule has 2 aromatic heterocycles. The van der Waals surface area contributed by atoms with E-state index >= 15 is 0 Å². The van der Waals surface area contributed by atoms with Crippen molar-refractivity contribution in [3.05, 3.63) is 11.6 Å². The first kappa shape index (κ1) is 16.3. The van der Waals surface area contributed by atoms with Gasteiger partial charge in [0.2, 0.25) is 0 Å². The summed E-state index contributed by atoms with van der Waals surface area (Å²) < 4.78 is 28.8. The standard InChI is InChI=1S/C13H22N4O2S2/c1-2-3-4-5-6-7-8-15-21(18,19)12-11(14)16-13-17(12)9-10-20-13/h9-10,15H,2-8,14H2,1H3. The maximum Gasteiger partial charge on any atom is 0.260 e. The molecule has 0 aromatic carbocycles. The zero-order valence-corrected chi connectivity index (χ0v) is 13.8. The van der Waals surface area contributed by atoms with Crippen molar-refractivity contribution in [3.63, 3.8) is 0 Å². The van der Waals surface area contributed by atoms with Crippen LogP contribution in [0.5, 0.6) is 0 Å². The second kappa shape index (κ2) is 7.24. The predicted octanol–water partition coefficient (Wildman–Crippen LogP) is 2.62. The average molecular weight is 330 g/mol. The van der Waals surface area contributed by atoms with E-state index in [-0.39, 0.29) is 10.8 Å². The number of nitrogens with zero attached hydrogens (tertiary/aromatic N) is 2. The predicted molar refractivity (Wildman–Crippen MR) is 86.0 cm³/mol. The zero-order chi connectivity index (χ0) is 15.3. The highest BCUT2D eigenvalue weighted by atomic mass is 32.2. The second-order valence-electron chi connectivity index (χ2n) is 5.02. The fourth-order valence-electron chi connectivity index (χ4n) is 2.23. The molecule has 0 bridgehead atoms. The van der Waals surface area contributed by atoms with Gasteiger partial charge in [0.25, 0.3) is 10.0 Å². The van der Waals surface area contributed by atoms with Crippen LogP contribution in [0, 0.1) is 0 Å². The van der Waals surface area contributed by atoms with E-state index in [1.54, 1.807) is 11.6 Å². The molecule has 2 aromatic rings. The van der Waals surface area contributed by atoms with Crippen LogP contribution in [0.1, 0.15) is 45.4 Å². The van der Waals surface area contributed by atoms with Crippen LogP contribution in [0.15, 0.2) is 16.6 Å². The molecule has 0 saturated carbocycles. The monoisotopic (exact) mass is 330 g/mol. The van der Waals surface area contributed by atoms with Crippen molar-refractivity contribution >= 4 is 32.1 Å². The number of imidazole rings is 1. The molecule has 3 N–H and O–H groups in total. The normalized spacial score (nSPS) is 12.2. The summed E-state index contributed by atoms with van der Waals surface area (Å²) in [6.45, 7) is 2.61. The van der Waals surface area contributed by atoms with Gasteiger partial charge in [-0.1, -0.05) is 39.0 Å². The van der Waals surface area contributed by atoms with Crippen LogP contribution in [-0.4, -0.2) is 24.3 Å². The van der Waals surface area contributed by atoms with Crippen LogP contribution < -0.4 is 10.5 Å². The number of rotatable bonds is 9. The number of sulfonamides is 1. The molecule has 0 spiro atoms. The Morgan fingerprint density at radius 3 is 2.76 bits per heavy atom. The zero-order valence-electron chi connectivity index (χ0n) is 12.2. The molecule has 2 rings (SSSR count). The second-order valence-corrected chi connectivity index (χ2v) is 7.58. The number of fused-ring (bicyclic) bond motifs is 1. The molecule has 0 radical (unpaired) electrons. The van der Waals surface area contributed by atoms with Gasteiger partial charge in [0, 0.05) is 18.1 Å². The van der Waals surface area contributed by atoms with E-state index in [0.717, 1.165) is 19.3 Å². The third-order valence-corrected chi connectivity index (χ3v) is 5.58. The highest BCUT2D eigenvalue weighted by molar-refractivity contribution is 7.89. The smallest absolute Gasteiger partial charge is 0.260 e. The van der Waals surface area contributed by atoms with E-state index in [1.807, 2.05) is 0 Å². The lowest BCUT2D eigenvalue weighted by Gasteiger charge is -2.06. The minimum absolute atomic E-state index is 0.0460. The molecule has 0 aliphatic rings. The van der Waals surface area contributed by atoms with E-state index in [0.29, 0.717) is 11.5 Å². The summed E-state index contributed by atoms with van der Waals surface area (Å²) in [6.07, 6.45) is 8.38. The Hall–Kier alpha value is -1.12. The lowest BCUT2D eigenvalue weighted by atomic mass is 10.1. The molecule has 0 aliphatic carbocycles. The molecule has 0 unspecified atom stereocenters. The molecule has 0 fully saturated rings. The molecule has 118 valence electrons. The third kappa shape index (κ3) is 3.96. The first-order valence-electron chi connectivity index (χ1n) is 7.27. The number of anilines is 1. The maximum absolute atomic E-state index is 12.3. The van der Waals surface area contributed by atoms with E-state index in [1.165, 1.54) is 35.0 Å². The van der Waals surface area contributed by atoms with Crippen molar-refractivity contribution < 1.29 is 8.42 Å². The summed E-state index contributed by atoms with van der Waals surface area (Å²) in [4.78, 5) is 4.65. The lowest BCUT2D eigenvalue weighted by Crippen LogP contribution is -2.26. The quantitative estimate of drug-likeness (QED) is 0.692. The summed E-state index contributed by atoms with van der Waals surface area (Å²) in [5.41, 5.74) is 5.72. The van der Waals surface area contributed by atoms with Gasteiger partial charge in [0.05, 0.1) is 0 Å². The van der Waals surface area contributed by atoms with Gasteiger partial charge in [-0.3, -0.25) is 4.40 Å². The number of hydrogen-bond donors (Lipinski definition) is 2. The third-order valence-electron chi connectivity index (χ3n) is 3.32. The van der Waals surface area contributed by atoms with Gasteiger partial charge in [-0.05, 0) is 6.42 Å². The fraction of sp³-hybridized carbons (Fsp3) is 0.615. The molecule has 8 heteroatoms. The van der Waals surface area contributed by atoms with Crippen LogP contribution in [0.2, 0.25) is 0 Å². The molecule has 21 heavy (non-hydrogen) atoms. The van der Waals surface area contributed by atoms with Crippen molar-refractivity contribution in [1.29, 1.82) is 0 Å². The van der Waals surface area contributed by atoms with Gasteiger partial charge >= 0.3 is 0 Å². The number of nitrogen functional groups attached to an aromatic ring is 1. The van der Waals surface area contributed by atoms with E-state index < -0.39 is 10.0 Å². The molecule has 0 atom stereocenters. The Morgan fingerprint density at radius 1 is 1.29 bits per heavy atom. The van der Waals surface area contributed by atoms with Gasteiger partial charge in [-0.2, -0.15) is 0 Å². The first-order valence-corrected chi connectivity index (χ1v) is 9.63. The van der Waals surface area contributed by atoms with Gasteiger partial charge in [-0.25, -0.2) is 18.1 Å². The summed E-state index contributed by atoms with van der Waals surface area (Å²) in [5.74, 6) is 0.0531. The van der Waals surface area contributed by atoms with Gasteiger partial charge in [0.1, 0.15) is 0 Å². The van der Waals surface area contributed by atoms with E-state index in [9.17, 15) is 8.42 Å². The van der Waals surface area contributed by atoms with E-state index in [4.69, 9.17) is 5.73 Å². The Morgan fingerprint density at radius 2 is 2.00 bits per heavy atom. The molecular formula is C13H22N4O2S2. The summed E-state index contributed by atoms with van der Waals surface area (Å²) >= 11 is 1.36. The van der Waals surface area contributed by atoms with Crippen molar-refractivity contribution in [3.8, 4) is 0 Å². The number of hydrogen-bond acceptors (Lipinski definition) is 5. The Balaban J connectivity index is 1.90. The van der Waals surface area contributed by atoms with Crippen molar-refractivity contribution in [2.75, 3.05) is 12.3 Å². The molecule has 6 nitrogen and oxygen atoms in total. The highest BCUT2D eigenvalue weighted by Gasteiger charge is 2.23. The molecule has 0 amide bonds. The summed E-state index contributed by atoms with van der Waals surface area (Å²) in [5, 5.41) is 1.83. The SMILES string of the molecule is CCCCCCCCNS(=O)(=O)c1c(N)nc2sccn12. The van der Waals surface area contributed by atoms with Crippen molar-refractivity contribution in [2.24, 2.45) is 0 Å². The number of aromatic nitrogens is 2. The Bertz CT molecular complexity index is 675. The van der Waals surface area contributed by atoms with E-state index in [2.05, 4.69) is 16.6 Å². The van der Waals surface area contributed by atoms with Crippen LogP contribution in [0.4, 0.5) is 5.82 Å². The first-order chi connectivity index (χ1) is 10.1. The van der Waals surface area contributed by atoms with Gasteiger partial charge in [-0.15, -0.1) is 11.3 Å². The Kier molecular flexibility index (Phi) is 5.60. The van der Waals surface area contributed by atoms with Crippen LogP contribution in [0.3, 0.4) is 0 Å². The fourth-order valence-corrected chi connectivity index (χ4v) is 4.28. The largest absolute Gasteiger partial charge is 0.381 e. The number of nitrogens with two attached hydrogens (primary N) is 1. The molecule has 0 aliphatic heterocycles. The maximum atomic E-state index is 12.3. The number of nitrogens with one attached hydrogen (secondary N) is 1. The number of unbranched alkanes of at least 4 members (excludes halogenated alkanes) is 5. The summed E-state index contributed by atoms with van der Waals surface area (Å²) in [6, 6.07) is 0. The van der Waals surface area contributed by atoms with Gasteiger partial charge in [0.15, 0.2) is 15.8 Å². The number of thiazole rings is 1. The highest BCUT2D eigenvalue weighted by Crippen LogP contribution is 2.23. The van der Waals surface area contributed by atoms with Crippen molar-refractivity contribution in [1.82, 2.24) is 14.1 Å². The van der Waals surface area contributed by atoms with Gasteiger partial charge < -0.3 is 5.73 Å². The topological polar surface area (TPSA) is 89.5 Å². The lowest BCUT2D eigenvalue weighted by molar-refractivity contribution is 0.564. The van der Waals surface area contributed by atoms with Crippen LogP contribution in [-0.2, 0) is 10.0 Å².